The Kier molecular flexibility index (Phi) is 4.69. The van der Waals surface area contributed by atoms with Crippen molar-refractivity contribution in [1.82, 2.24) is 0 Å². The molecule has 8 aliphatic rings. The average molecular weight is 405 g/mol. The lowest BCUT2D eigenvalue weighted by molar-refractivity contribution is -0.195. The number of carbonyl (C=O) groups excluding carboxylic acids is 1. The molecule has 0 aromatic rings. The Morgan fingerprint density at radius 2 is 1.24 bits per heavy atom. The zero-order chi connectivity index (χ0) is 20.6. The molecule has 8 rings (SSSR count). The smallest absolute Gasteiger partial charge is 0.333 e. The van der Waals surface area contributed by atoms with Gasteiger partial charge in [0.15, 0.2) is 0 Å². The van der Waals surface area contributed by atoms with E-state index in [1.807, 2.05) is 0 Å². The molecule has 5 heteroatoms. The van der Waals surface area contributed by atoms with Gasteiger partial charge in [-0.2, -0.15) is 0 Å². The third-order valence-corrected chi connectivity index (χ3v) is 8.94. The Hall–Kier alpha value is -0.910. The Morgan fingerprint density at radius 3 is 1.66 bits per heavy atom. The maximum Gasteiger partial charge on any atom is 0.333 e. The first-order valence-corrected chi connectivity index (χ1v) is 11.6. The number of rotatable bonds is 2. The lowest BCUT2D eigenvalue weighted by atomic mass is 9.53. The zero-order valence-corrected chi connectivity index (χ0v) is 17.6. The van der Waals surface area contributed by atoms with Crippen molar-refractivity contribution in [2.75, 3.05) is 0 Å². The summed E-state index contributed by atoms with van der Waals surface area (Å²) in [6.45, 7) is 5.31. The fourth-order valence-corrected chi connectivity index (χ4v) is 8.31. The maximum absolute atomic E-state index is 11.6. The van der Waals surface area contributed by atoms with Crippen LogP contribution in [0.3, 0.4) is 0 Å². The van der Waals surface area contributed by atoms with Crippen molar-refractivity contribution in [3.05, 3.63) is 12.2 Å². The topological polar surface area (TPSA) is 87.0 Å². The van der Waals surface area contributed by atoms with Gasteiger partial charge < -0.3 is 20.1 Å². The second-order valence-corrected chi connectivity index (χ2v) is 11.5. The second-order valence-electron chi connectivity index (χ2n) is 11.5. The number of hydrogen-bond acceptors (Lipinski definition) is 5. The SMILES string of the molecule is C=C(C)C(=O)OC1C2CC3CC1CC(O)(C3)C2.OC1C2CC3CC1CC(O)(C3)C2. The molecule has 0 saturated heterocycles. The van der Waals surface area contributed by atoms with Crippen LogP contribution < -0.4 is 0 Å². The number of ether oxygens (including phenoxy) is 1. The number of hydrogen-bond donors (Lipinski definition) is 3. The summed E-state index contributed by atoms with van der Waals surface area (Å²) in [4.78, 5) is 11.6. The van der Waals surface area contributed by atoms with Crippen molar-refractivity contribution in [3.63, 3.8) is 0 Å². The van der Waals surface area contributed by atoms with Gasteiger partial charge in [-0.05, 0) is 107 Å². The molecule has 8 saturated carbocycles. The summed E-state index contributed by atoms with van der Waals surface area (Å²) in [7, 11) is 0. The lowest BCUT2D eigenvalue weighted by Crippen LogP contribution is -2.57. The molecule has 3 N–H and O–H groups in total. The molecule has 0 heterocycles. The summed E-state index contributed by atoms with van der Waals surface area (Å²) < 4.78 is 5.58. The zero-order valence-electron chi connectivity index (χ0n) is 17.6. The third kappa shape index (κ3) is 3.57. The highest BCUT2D eigenvalue weighted by Gasteiger charge is 2.56. The number of aliphatic hydroxyl groups excluding tert-OH is 1. The van der Waals surface area contributed by atoms with Gasteiger partial charge in [0, 0.05) is 5.57 Å². The molecular formula is C24H36O5. The standard InChI is InChI=1S/C14H20O3.C10H16O2/c1-8(2)13(15)17-12-10-3-9-4-11(12)7-14(16,5-9)6-10;11-9-7-1-6-2-8(9)5-10(12,3-6)4-7/h9-12,16H,1,3-7H2,2H3;6-9,11-12H,1-5H2. The van der Waals surface area contributed by atoms with Gasteiger partial charge in [-0.15, -0.1) is 0 Å². The average Bonchev–Trinajstić information content (AvgIpc) is 2.60. The van der Waals surface area contributed by atoms with Gasteiger partial charge in [-0.25, -0.2) is 4.79 Å². The summed E-state index contributed by atoms with van der Waals surface area (Å²) >= 11 is 0. The van der Waals surface area contributed by atoms with Crippen LogP contribution in [0.1, 0.15) is 71.1 Å². The van der Waals surface area contributed by atoms with E-state index in [9.17, 15) is 20.1 Å². The van der Waals surface area contributed by atoms with Crippen LogP contribution in [-0.2, 0) is 9.53 Å². The molecule has 0 aromatic heterocycles. The van der Waals surface area contributed by atoms with E-state index < -0.39 is 5.60 Å². The molecular weight excluding hydrogens is 368 g/mol. The van der Waals surface area contributed by atoms with Crippen molar-refractivity contribution < 1.29 is 24.9 Å². The molecule has 5 nitrogen and oxygen atoms in total. The van der Waals surface area contributed by atoms with Gasteiger partial charge in [-0.1, -0.05) is 6.58 Å². The van der Waals surface area contributed by atoms with E-state index in [1.54, 1.807) is 6.92 Å². The number of carbonyl (C=O) groups is 1. The Bertz CT molecular complexity index is 669. The van der Waals surface area contributed by atoms with Crippen molar-refractivity contribution in [3.8, 4) is 0 Å². The quantitative estimate of drug-likeness (QED) is 0.487. The first kappa shape index (κ1) is 20.0. The van der Waals surface area contributed by atoms with Gasteiger partial charge in [0.05, 0.1) is 17.3 Å². The maximum atomic E-state index is 11.6. The van der Waals surface area contributed by atoms with Gasteiger partial charge in [0.2, 0.25) is 0 Å². The monoisotopic (exact) mass is 404 g/mol. The molecule has 0 aliphatic heterocycles. The molecule has 0 aromatic carbocycles. The third-order valence-electron chi connectivity index (χ3n) is 8.94. The van der Waals surface area contributed by atoms with Gasteiger partial charge in [-0.3, -0.25) is 0 Å². The van der Waals surface area contributed by atoms with Crippen molar-refractivity contribution in [2.24, 2.45) is 35.5 Å². The van der Waals surface area contributed by atoms with E-state index in [2.05, 4.69) is 6.58 Å². The molecule has 4 unspecified atom stereocenters. The molecule has 8 fully saturated rings. The van der Waals surface area contributed by atoms with Crippen molar-refractivity contribution in [1.29, 1.82) is 0 Å². The lowest BCUT2D eigenvalue weighted by Gasteiger charge is -2.57. The van der Waals surface area contributed by atoms with E-state index in [4.69, 9.17) is 4.74 Å². The minimum Gasteiger partial charge on any atom is -0.458 e. The van der Waals surface area contributed by atoms with Crippen LogP contribution in [0, 0.1) is 35.5 Å². The van der Waals surface area contributed by atoms with E-state index in [0.717, 1.165) is 57.3 Å². The number of esters is 1. The summed E-state index contributed by atoms with van der Waals surface area (Å²) in [5.41, 5.74) is -0.365. The molecule has 29 heavy (non-hydrogen) atoms. The van der Waals surface area contributed by atoms with E-state index in [-0.39, 0.29) is 23.8 Å². The predicted octanol–water partition coefficient (Wildman–Crippen LogP) is 2.96. The van der Waals surface area contributed by atoms with Crippen LogP contribution in [-0.4, -0.2) is 44.7 Å². The molecule has 0 spiro atoms. The summed E-state index contributed by atoms with van der Waals surface area (Å²) in [6.07, 6.45) is 9.82. The Morgan fingerprint density at radius 1 is 0.828 bits per heavy atom. The van der Waals surface area contributed by atoms with Gasteiger partial charge in [0.25, 0.3) is 0 Å². The Balaban J connectivity index is 0.000000132. The van der Waals surface area contributed by atoms with Crippen molar-refractivity contribution in [2.45, 2.75) is 94.5 Å². The first-order valence-electron chi connectivity index (χ1n) is 11.6. The van der Waals surface area contributed by atoms with Crippen LogP contribution in [0.15, 0.2) is 12.2 Å². The van der Waals surface area contributed by atoms with E-state index >= 15 is 0 Å². The normalized spacial score (nSPS) is 53.4. The predicted molar refractivity (Wildman–Crippen MR) is 108 cm³/mol. The molecule has 4 atom stereocenters. The second kappa shape index (κ2) is 6.80. The van der Waals surface area contributed by atoms with Crippen LogP contribution in [0.25, 0.3) is 0 Å². The van der Waals surface area contributed by atoms with Crippen LogP contribution >= 0.6 is 0 Å². The van der Waals surface area contributed by atoms with E-state index in [1.165, 1.54) is 12.8 Å². The van der Waals surface area contributed by atoms with Crippen LogP contribution in [0.4, 0.5) is 0 Å². The summed E-state index contributed by atoms with van der Waals surface area (Å²) in [5, 5.41) is 30.3. The minimum absolute atomic E-state index is 0.0241. The molecule has 162 valence electrons. The molecule has 0 amide bonds. The fraction of sp³-hybridized carbons (Fsp3) is 0.875. The largest absolute Gasteiger partial charge is 0.458 e. The highest BCUT2D eigenvalue weighted by atomic mass is 16.5. The van der Waals surface area contributed by atoms with Crippen molar-refractivity contribution >= 4 is 5.97 Å². The molecule has 0 radical (unpaired) electrons. The summed E-state index contributed by atoms with van der Waals surface area (Å²) in [5.74, 6) is 2.68. The van der Waals surface area contributed by atoms with Gasteiger partial charge >= 0.3 is 5.97 Å². The fourth-order valence-electron chi connectivity index (χ4n) is 8.31. The highest BCUT2D eigenvalue weighted by molar-refractivity contribution is 5.87. The van der Waals surface area contributed by atoms with Crippen LogP contribution in [0.5, 0.6) is 0 Å². The van der Waals surface area contributed by atoms with E-state index in [0.29, 0.717) is 35.2 Å². The molecule has 8 aliphatic carbocycles. The first-order chi connectivity index (χ1) is 13.6. The molecule has 8 bridgehead atoms. The van der Waals surface area contributed by atoms with Crippen LogP contribution in [0.2, 0.25) is 0 Å². The van der Waals surface area contributed by atoms with Gasteiger partial charge in [0.1, 0.15) is 6.10 Å². The minimum atomic E-state index is -0.456. The Labute approximate surface area is 173 Å². The summed E-state index contributed by atoms with van der Waals surface area (Å²) in [6, 6.07) is 0. The highest BCUT2D eigenvalue weighted by Crippen LogP contribution is 2.57. The number of aliphatic hydroxyl groups is 3.